The van der Waals surface area contributed by atoms with Crippen LogP contribution >= 0.6 is 11.6 Å². The quantitative estimate of drug-likeness (QED) is 0.129. The third-order valence-electron chi connectivity index (χ3n) is 15.5. The Morgan fingerprint density at radius 1 is 0.325 bits per heavy atom. The second-order valence-electron chi connectivity index (χ2n) is 22.8. The molecule has 80 heavy (non-hydrogen) atoms. The number of fused-ring (bicyclic) bond motifs is 6. The average Bonchev–Trinajstić information content (AvgIpc) is 4.07. The van der Waals surface area contributed by atoms with Gasteiger partial charge in [-0.1, -0.05) is 193 Å². The largest absolute Gasteiger partial charge is 0.456 e. The molecule has 11 aromatic carbocycles. The molecule has 13 aromatic rings. The minimum atomic E-state index is -0.0482. The Morgan fingerprint density at radius 3 is 1.44 bits per heavy atom. The third-order valence-corrected chi connectivity index (χ3v) is 15.9. The molecule has 6 heteroatoms. The van der Waals surface area contributed by atoms with Gasteiger partial charge in [0.1, 0.15) is 11.2 Å². The number of halogens is 1. The Hall–Kier alpha value is -9.29. The summed E-state index contributed by atoms with van der Waals surface area (Å²) in [6.45, 7) is 13.6. The molecule has 0 atom stereocenters. The van der Waals surface area contributed by atoms with Crippen molar-refractivity contribution in [1.29, 1.82) is 0 Å². The molecule has 0 aliphatic rings. The fraction of sp³-hybridized carbons (Fsp3) is 0.108. The van der Waals surface area contributed by atoms with Crippen LogP contribution in [0.25, 0.3) is 60.6 Å². The van der Waals surface area contributed by atoms with Crippen molar-refractivity contribution in [3.8, 4) is 16.8 Å². The van der Waals surface area contributed by atoms with Crippen molar-refractivity contribution in [3.05, 3.63) is 277 Å². The molecule has 13 rings (SSSR count). The van der Waals surface area contributed by atoms with Gasteiger partial charge in [-0.3, -0.25) is 0 Å². The fourth-order valence-electron chi connectivity index (χ4n) is 11.4. The molecule has 2 heterocycles. The first-order chi connectivity index (χ1) is 38.9. The first-order valence-electron chi connectivity index (χ1n) is 27.5. The van der Waals surface area contributed by atoms with Crippen molar-refractivity contribution in [3.63, 3.8) is 0 Å². The maximum atomic E-state index is 8.17. The smallest absolute Gasteiger partial charge is 0.135 e. The van der Waals surface area contributed by atoms with Crippen molar-refractivity contribution >= 4 is 107 Å². The first kappa shape index (κ1) is 50.2. The number of nitrogens with zero attached hydrogens (tertiary/aromatic N) is 4. The molecule has 2 aromatic heterocycles. The van der Waals surface area contributed by atoms with E-state index in [9.17, 15) is 0 Å². The molecule has 0 N–H and O–H groups in total. The zero-order valence-electron chi connectivity index (χ0n) is 45.9. The molecule has 0 radical (unpaired) electrons. The zero-order valence-corrected chi connectivity index (χ0v) is 46.7. The lowest BCUT2D eigenvalue weighted by Gasteiger charge is -2.32. The van der Waals surface area contributed by atoms with Gasteiger partial charge in [-0.25, -0.2) is 0 Å². The van der Waals surface area contributed by atoms with Gasteiger partial charge in [0.15, 0.2) is 0 Å². The summed E-state index contributed by atoms with van der Waals surface area (Å²) >= 11 is 8.17. The topological polar surface area (TPSA) is 27.8 Å². The van der Waals surface area contributed by atoms with Crippen LogP contribution < -0.4 is 14.7 Å². The number of benzene rings is 11. The number of furan rings is 1. The normalized spacial score (nSPS) is 11.9. The molecule has 0 aliphatic heterocycles. The van der Waals surface area contributed by atoms with Gasteiger partial charge in [-0.05, 0) is 154 Å². The van der Waals surface area contributed by atoms with Gasteiger partial charge in [0.25, 0.3) is 0 Å². The monoisotopic (exact) mass is 1060 g/mol. The highest BCUT2D eigenvalue weighted by Gasteiger charge is 2.26. The molecule has 0 saturated heterocycles. The lowest BCUT2D eigenvalue weighted by atomic mass is 9.87. The zero-order chi connectivity index (χ0) is 54.7. The highest BCUT2D eigenvalue weighted by atomic mass is 35.5. The highest BCUT2D eigenvalue weighted by Crippen LogP contribution is 2.50. The van der Waals surface area contributed by atoms with E-state index < -0.39 is 0 Å². The van der Waals surface area contributed by atoms with Crippen LogP contribution in [0.5, 0.6) is 0 Å². The van der Waals surface area contributed by atoms with E-state index in [1.807, 2.05) is 12.1 Å². The summed E-state index contributed by atoms with van der Waals surface area (Å²) in [5, 5.41) is 5.12. The van der Waals surface area contributed by atoms with Gasteiger partial charge in [0, 0.05) is 67.0 Å². The van der Waals surface area contributed by atoms with Crippen molar-refractivity contribution in [1.82, 2.24) is 4.57 Å². The molecule has 0 spiro atoms. The molecule has 0 unspecified atom stereocenters. The Kier molecular flexibility index (Phi) is 12.7. The lowest BCUT2D eigenvalue weighted by molar-refractivity contribution is 0.590. The predicted octanol–water partition coefficient (Wildman–Crippen LogP) is 22.0. The van der Waals surface area contributed by atoms with E-state index in [2.05, 4.69) is 310 Å². The van der Waals surface area contributed by atoms with Crippen LogP contribution in [0, 0.1) is 0 Å². The highest BCUT2D eigenvalue weighted by molar-refractivity contribution is 6.36. The average molecular weight is 1060 g/mol. The number of anilines is 9. The second kappa shape index (κ2) is 20.2. The summed E-state index contributed by atoms with van der Waals surface area (Å²) in [6, 6.07) is 93.5. The summed E-state index contributed by atoms with van der Waals surface area (Å²) in [5.41, 5.74) is 18.4. The van der Waals surface area contributed by atoms with E-state index in [1.54, 1.807) is 0 Å². The number of rotatable bonds is 11. The Bertz CT molecular complexity index is 4390. The third kappa shape index (κ3) is 9.23. The van der Waals surface area contributed by atoms with Gasteiger partial charge in [-0.15, -0.1) is 0 Å². The van der Waals surface area contributed by atoms with E-state index in [-0.39, 0.29) is 10.8 Å². The van der Waals surface area contributed by atoms with Crippen molar-refractivity contribution in [2.24, 2.45) is 0 Å². The number of hydrogen-bond acceptors (Lipinski definition) is 4. The summed E-state index contributed by atoms with van der Waals surface area (Å²) in [4.78, 5) is 6.98. The second-order valence-corrected chi connectivity index (χ2v) is 23.2. The Morgan fingerprint density at radius 2 is 0.787 bits per heavy atom. The summed E-state index contributed by atoms with van der Waals surface area (Å²) in [6.07, 6.45) is 0. The van der Waals surface area contributed by atoms with Crippen LogP contribution in [0.15, 0.2) is 265 Å². The van der Waals surface area contributed by atoms with E-state index in [4.69, 9.17) is 16.0 Å². The summed E-state index contributed by atoms with van der Waals surface area (Å²) in [5.74, 6) is 0. The number of hydrogen-bond donors (Lipinski definition) is 0. The van der Waals surface area contributed by atoms with E-state index in [0.717, 1.165) is 101 Å². The van der Waals surface area contributed by atoms with Gasteiger partial charge >= 0.3 is 0 Å². The molecule has 0 bridgehead atoms. The molecular formula is C74H61ClN4O. The Labute approximate surface area is 473 Å². The van der Waals surface area contributed by atoms with Gasteiger partial charge in [-0.2, -0.15) is 0 Å². The number of para-hydroxylation sites is 3. The van der Waals surface area contributed by atoms with Crippen LogP contribution in [0.3, 0.4) is 0 Å². The maximum absolute atomic E-state index is 8.17. The fourth-order valence-corrected chi connectivity index (χ4v) is 11.7. The number of aromatic nitrogens is 1. The van der Waals surface area contributed by atoms with Gasteiger partial charge < -0.3 is 23.7 Å². The Balaban J connectivity index is 1.01. The van der Waals surface area contributed by atoms with Crippen LogP contribution in [0.1, 0.15) is 52.7 Å². The standard InChI is InChI=1S/C74H61ClN4O/c1-73(2,3)52-34-38-55(39-35-52)77(59-27-18-26-58(47-59)76(57-25-17-22-51(46-57)50-20-9-7-10-21-50)60-43-45-71-65(48-60)64-29-14-16-33-70(64)80-71)67-31-19-32-68(72(67)75)78(56-40-36-53(37-41-56)74(4,5)6)61-42-44-63-62-28-13-15-30-66(62)79(69(63)49-61)54-23-11-8-12-24-54/h7-49H,1-6H3. The molecule has 0 fully saturated rings. The van der Waals surface area contributed by atoms with Crippen molar-refractivity contribution in [2.45, 2.75) is 52.4 Å². The first-order valence-corrected chi connectivity index (χ1v) is 27.9. The van der Waals surface area contributed by atoms with Crippen molar-refractivity contribution in [2.75, 3.05) is 14.7 Å². The maximum Gasteiger partial charge on any atom is 0.135 e. The molecule has 5 nitrogen and oxygen atoms in total. The summed E-state index contributed by atoms with van der Waals surface area (Å²) in [7, 11) is 0. The van der Waals surface area contributed by atoms with Gasteiger partial charge in [0.05, 0.1) is 27.4 Å². The predicted molar refractivity (Wildman–Crippen MR) is 340 cm³/mol. The lowest BCUT2D eigenvalue weighted by Crippen LogP contribution is -2.16. The molecular weight excluding hydrogens is 996 g/mol. The van der Waals surface area contributed by atoms with E-state index >= 15 is 0 Å². The van der Waals surface area contributed by atoms with Gasteiger partial charge in [0.2, 0.25) is 0 Å². The van der Waals surface area contributed by atoms with E-state index in [1.165, 1.54) is 21.9 Å². The van der Waals surface area contributed by atoms with E-state index in [0.29, 0.717) is 5.02 Å². The molecule has 0 saturated carbocycles. The van der Waals surface area contributed by atoms with Crippen LogP contribution in [-0.2, 0) is 10.8 Å². The van der Waals surface area contributed by atoms with Crippen LogP contribution in [0.4, 0.5) is 51.2 Å². The minimum absolute atomic E-state index is 0.0331. The van der Waals surface area contributed by atoms with Crippen LogP contribution in [-0.4, -0.2) is 4.57 Å². The minimum Gasteiger partial charge on any atom is -0.456 e. The molecule has 390 valence electrons. The van der Waals surface area contributed by atoms with Crippen molar-refractivity contribution < 1.29 is 4.42 Å². The molecule has 0 aliphatic carbocycles. The summed E-state index contributed by atoms with van der Waals surface area (Å²) < 4.78 is 8.75. The van der Waals surface area contributed by atoms with Crippen LogP contribution in [0.2, 0.25) is 5.02 Å². The SMILES string of the molecule is CC(C)(C)c1ccc(N(c2cccc(N(c3cccc(-c4ccccc4)c3)c3ccc4oc5ccccc5c4c3)c2)c2cccc(N(c3ccc(C(C)(C)C)cc3)c3ccc4c5ccccc5n(-c5ccccc5)c4c3)c2Cl)cc1. The molecule has 0 amide bonds.